The van der Waals surface area contributed by atoms with E-state index in [0.717, 1.165) is 39.6 Å². The van der Waals surface area contributed by atoms with Crippen molar-refractivity contribution in [2.75, 3.05) is 11.1 Å². The van der Waals surface area contributed by atoms with Crippen molar-refractivity contribution < 1.29 is 4.79 Å². The monoisotopic (exact) mass is 428 g/mol. The minimum absolute atomic E-state index is 0.0368. The van der Waals surface area contributed by atoms with Gasteiger partial charge in [0, 0.05) is 28.1 Å². The van der Waals surface area contributed by atoms with Gasteiger partial charge in [-0.15, -0.1) is 11.3 Å². The molecule has 0 atom stereocenters. The number of nitrogens with zero attached hydrogens (tertiary/aromatic N) is 2. The van der Waals surface area contributed by atoms with Crippen molar-refractivity contribution in [1.82, 2.24) is 15.0 Å². The normalized spacial score (nSPS) is 11.0. The van der Waals surface area contributed by atoms with Crippen LogP contribution in [0.4, 0.5) is 5.13 Å². The van der Waals surface area contributed by atoms with Crippen molar-refractivity contribution in [3.63, 3.8) is 0 Å². The van der Waals surface area contributed by atoms with E-state index in [4.69, 9.17) is 11.6 Å². The summed E-state index contributed by atoms with van der Waals surface area (Å²) in [5.41, 5.74) is 3.62. The Morgan fingerprint density at radius 2 is 1.96 bits per heavy atom. The molecule has 0 bridgehead atoms. The smallest absolute Gasteiger partial charge is 0.226 e. The van der Waals surface area contributed by atoms with Crippen LogP contribution in [0.3, 0.4) is 0 Å². The first-order valence-electron chi connectivity index (χ1n) is 8.77. The van der Waals surface area contributed by atoms with Crippen molar-refractivity contribution in [3.05, 3.63) is 58.9 Å². The predicted octanol–water partition coefficient (Wildman–Crippen LogP) is 5.85. The van der Waals surface area contributed by atoms with E-state index in [1.807, 2.05) is 53.9 Å². The highest BCUT2D eigenvalue weighted by Crippen LogP contribution is 2.30. The van der Waals surface area contributed by atoms with E-state index in [1.54, 1.807) is 11.8 Å². The first kappa shape index (κ1) is 19.0. The fourth-order valence-electron chi connectivity index (χ4n) is 2.70. The molecule has 2 heterocycles. The maximum atomic E-state index is 12.2. The summed E-state index contributed by atoms with van der Waals surface area (Å²) in [5, 5.41) is 6.88. The molecule has 4 rings (SSSR count). The number of carbonyl (C=O) groups excluding carboxylic acids is 1. The molecule has 0 unspecified atom stereocenters. The zero-order valence-electron chi connectivity index (χ0n) is 14.8. The van der Waals surface area contributed by atoms with Crippen molar-refractivity contribution in [3.8, 4) is 11.3 Å². The van der Waals surface area contributed by atoms with Gasteiger partial charge in [0.1, 0.15) is 0 Å². The summed E-state index contributed by atoms with van der Waals surface area (Å²) < 4.78 is 0. The first-order valence-corrected chi connectivity index (χ1v) is 11.0. The van der Waals surface area contributed by atoms with Gasteiger partial charge in [-0.2, -0.15) is 0 Å². The molecular formula is C20H17ClN4OS2. The van der Waals surface area contributed by atoms with E-state index in [-0.39, 0.29) is 5.91 Å². The molecule has 8 heteroatoms. The Hall–Kier alpha value is -2.35. The number of H-pyrrole nitrogens is 1. The number of halogens is 1. The molecule has 2 N–H and O–H groups in total. The Labute approximate surface area is 175 Å². The van der Waals surface area contributed by atoms with Crippen LogP contribution < -0.4 is 5.32 Å². The molecular weight excluding hydrogens is 412 g/mol. The Morgan fingerprint density at radius 1 is 1.14 bits per heavy atom. The molecule has 0 spiro atoms. The standard InChI is InChI=1S/C20H17ClN4OS2/c21-14-7-2-1-6-13(14)17-12-28-20(24-17)25-18(26)10-5-11-27-19-22-15-8-3-4-9-16(15)23-19/h1-4,6-9,12H,5,10-11H2,(H,22,23)(H,24,25,26). The topological polar surface area (TPSA) is 70.7 Å². The maximum absolute atomic E-state index is 12.2. The van der Waals surface area contributed by atoms with Crippen molar-refractivity contribution in [1.29, 1.82) is 0 Å². The van der Waals surface area contributed by atoms with E-state index in [2.05, 4.69) is 20.3 Å². The van der Waals surface area contributed by atoms with Gasteiger partial charge in [-0.25, -0.2) is 9.97 Å². The Kier molecular flexibility index (Phi) is 5.95. The Bertz CT molecular complexity index is 1080. The van der Waals surface area contributed by atoms with Crippen LogP contribution in [-0.2, 0) is 4.79 Å². The average molecular weight is 429 g/mol. The van der Waals surface area contributed by atoms with Gasteiger partial charge in [-0.3, -0.25) is 4.79 Å². The second-order valence-electron chi connectivity index (χ2n) is 6.08. The van der Waals surface area contributed by atoms with E-state index in [1.165, 1.54) is 11.3 Å². The molecule has 0 saturated carbocycles. The van der Waals surface area contributed by atoms with Gasteiger partial charge in [0.2, 0.25) is 5.91 Å². The number of rotatable bonds is 7. The minimum atomic E-state index is -0.0368. The van der Waals surface area contributed by atoms with Gasteiger partial charge < -0.3 is 10.3 Å². The van der Waals surface area contributed by atoms with Crippen molar-refractivity contribution >= 4 is 56.8 Å². The third-order valence-corrected chi connectivity index (χ3v) is 6.10. The lowest BCUT2D eigenvalue weighted by molar-refractivity contribution is -0.116. The number of thiazole rings is 1. The highest BCUT2D eigenvalue weighted by atomic mass is 35.5. The number of carbonyl (C=O) groups is 1. The van der Waals surface area contributed by atoms with Crippen LogP contribution in [0, 0.1) is 0 Å². The summed E-state index contributed by atoms with van der Waals surface area (Å²) >= 11 is 9.22. The van der Waals surface area contributed by atoms with Gasteiger partial charge in [0.25, 0.3) is 0 Å². The second-order valence-corrected chi connectivity index (χ2v) is 8.43. The molecule has 0 saturated heterocycles. The van der Waals surface area contributed by atoms with E-state index < -0.39 is 0 Å². The second kappa shape index (κ2) is 8.77. The van der Waals surface area contributed by atoms with E-state index in [0.29, 0.717) is 16.6 Å². The summed E-state index contributed by atoms with van der Waals surface area (Å²) in [5.74, 6) is 0.779. The van der Waals surface area contributed by atoms with Crippen LogP contribution in [0.15, 0.2) is 59.1 Å². The van der Waals surface area contributed by atoms with Gasteiger partial charge >= 0.3 is 0 Å². The number of anilines is 1. The molecule has 1 amide bonds. The molecule has 2 aromatic heterocycles. The number of aromatic nitrogens is 3. The van der Waals surface area contributed by atoms with Crippen molar-refractivity contribution in [2.45, 2.75) is 18.0 Å². The van der Waals surface area contributed by atoms with E-state index in [9.17, 15) is 4.79 Å². The van der Waals surface area contributed by atoms with Gasteiger partial charge in [-0.1, -0.05) is 53.7 Å². The maximum Gasteiger partial charge on any atom is 0.226 e. The highest BCUT2D eigenvalue weighted by molar-refractivity contribution is 7.99. The Morgan fingerprint density at radius 3 is 2.82 bits per heavy atom. The molecule has 0 aliphatic rings. The molecule has 2 aromatic carbocycles. The molecule has 5 nitrogen and oxygen atoms in total. The summed E-state index contributed by atoms with van der Waals surface area (Å²) in [4.78, 5) is 24.4. The van der Waals surface area contributed by atoms with Crippen LogP contribution in [-0.4, -0.2) is 26.6 Å². The number of aromatic amines is 1. The molecule has 28 heavy (non-hydrogen) atoms. The number of fused-ring (bicyclic) bond motifs is 1. The SMILES string of the molecule is O=C(CCCSc1nc2ccccc2[nH]1)Nc1nc(-c2ccccc2Cl)cs1. The molecule has 142 valence electrons. The summed E-state index contributed by atoms with van der Waals surface area (Å²) in [6, 6.07) is 15.5. The van der Waals surface area contributed by atoms with Gasteiger partial charge in [0.05, 0.1) is 16.7 Å². The molecule has 0 aliphatic heterocycles. The quantitative estimate of drug-likeness (QED) is 0.286. The first-order chi connectivity index (χ1) is 13.7. The van der Waals surface area contributed by atoms with Crippen LogP contribution in [0.25, 0.3) is 22.3 Å². The number of amides is 1. The number of nitrogens with one attached hydrogen (secondary N) is 2. The fraction of sp³-hybridized carbons (Fsp3) is 0.150. The number of hydrogen-bond acceptors (Lipinski definition) is 5. The third-order valence-electron chi connectivity index (χ3n) is 4.05. The van der Waals surface area contributed by atoms with Crippen LogP contribution >= 0.6 is 34.7 Å². The number of para-hydroxylation sites is 2. The van der Waals surface area contributed by atoms with E-state index >= 15 is 0 Å². The lowest BCUT2D eigenvalue weighted by Gasteiger charge is -2.02. The molecule has 0 radical (unpaired) electrons. The van der Waals surface area contributed by atoms with Crippen LogP contribution in [0.1, 0.15) is 12.8 Å². The fourth-order valence-corrected chi connectivity index (χ4v) is 4.49. The lowest BCUT2D eigenvalue weighted by Crippen LogP contribution is -2.11. The third kappa shape index (κ3) is 4.55. The number of thioether (sulfide) groups is 1. The highest BCUT2D eigenvalue weighted by Gasteiger charge is 2.10. The molecule has 0 fully saturated rings. The summed E-state index contributed by atoms with van der Waals surface area (Å²) in [6.45, 7) is 0. The Balaban J connectivity index is 1.25. The molecule has 0 aliphatic carbocycles. The summed E-state index contributed by atoms with van der Waals surface area (Å²) in [7, 11) is 0. The average Bonchev–Trinajstić information content (AvgIpc) is 3.32. The number of imidazole rings is 1. The zero-order valence-corrected chi connectivity index (χ0v) is 17.2. The van der Waals surface area contributed by atoms with Gasteiger partial charge in [-0.05, 0) is 24.6 Å². The largest absolute Gasteiger partial charge is 0.333 e. The zero-order chi connectivity index (χ0) is 19.3. The van der Waals surface area contributed by atoms with Crippen LogP contribution in [0.2, 0.25) is 5.02 Å². The van der Waals surface area contributed by atoms with Crippen molar-refractivity contribution in [2.24, 2.45) is 0 Å². The molecule has 4 aromatic rings. The predicted molar refractivity (Wildman–Crippen MR) is 117 cm³/mol. The number of hydrogen-bond donors (Lipinski definition) is 2. The van der Waals surface area contributed by atoms with Crippen LogP contribution in [0.5, 0.6) is 0 Å². The lowest BCUT2D eigenvalue weighted by atomic mass is 10.2. The minimum Gasteiger partial charge on any atom is -0.333 e. The summed E-state index contributed by atoms with van der Waals surface area (Å²) in [6.07, 6.45) is 1.20. The van der Waals surface area contributed by atoms with Gasteiger partial charge in [0.15, 0.2) is 10.3 Å². The number of benzene rings is 2.